The van der Waals surface area contributed by atoms with Gasteiger partial charge in [0.05, 0.1) is 22.2 Å². The summed E-state index contributed by atoms with van der Waals surface area (Å²) in [5.41, 5.74) is 3.31. The van der Waals surface area contributed by atoms with E-state index in [2.05, 4.69) is 34.8 Å². The molecule has 2 aromatic rings. The molecule has 4 rings (SSSR count). The number of benzene rings is 2. The molecule has 0 radical (unpaired) electrons. The second-order valence-electron chi connectivity index (χ2n) is 6.90. The van der Waals surface area contributed by atoms with Gasteiger partial charge < -0.3 is 10.6 Å². The summed E-state index contributed by atoms with van der Waals surface area (Å²) in [6.07, 6.45) is 2.70. The molecule has 7 heteroatoms. The van der Waals surface area contributed by atoms with E-state index in [4.69, 9.17) is 0 Å². The first-order valence-corrected chi connectivity index (χ1v) is 10.4. The minimum Gasteiger partial charge on any atom is -0.357 e. The molecule has 0 aliphatic carbocycles. The largest absolute Gasteiger partial charge is 0.357 e. The zero-order valence-electron chi connectivity index (χ0n) is 16.3. The number of aryl methyl sites for hydroxylation is 1. The number of amides is 2. The normalized spacial score (nSPS) is 22.8. The Morgan fingerprint density at radius 2 is 1.86 bits per heavy atom. The van der Waals surface area contributed by atoms with Crippen LogP contribution in [0.5, 0.6) is 0 Å². The fraction of sp³-hybridized carbons (Fsp3) is 0.227. The molecule has 148 valence electrons. The van der Waals surface area contributed by atoms with Crippen molar-refractivity contribution in [2.45, 2.75) is 25.8 Å². The molecule has 1 saturated heterocycles. The van der Waals surface area contributed by atoms with Gasteiger partial charge in [-0.2, -0.15) is 10.1 Å². The third-order valence-corrected chi connectivity index (χ3v) is 5.94. The summed E-state index contributed by atoms with van der Waals surface area (Å²) in [7, 11) is 0. The van der Waals surface area contributed by atoms with E-state index in [0.29, 0.717) is 10.6 Å². The van der Waals surface area contributed by atoms with Gasteiger partial charge in [-0.25, -0.2) is 0 Å². The summed E-state index contributed by atoms with van der Waals surface area (Å²) in [6, 6.07) is 17.4. The van der Waals surface area contributed by atoms with Crippen molar-refractivity contribution in [3.05, 3.63) is 71.1 Å². The Kier molecular flexibility index (Phi) is 5.40. The lowest BCUT2D eigenvalue weighted by molar-refractivity contribution is -0.118. The Morgan fingerprint density at radius 1 is 1.14 bits per heavy atom. The summed E-state index contributed by atoms with van der Waals surface area (Å²) < 4.78 is 0. The summed E-state index contributed by atoms with van der Waals surface area (Å²) in [5.74, 6) is -0.872. The molecule has 0 aromatic heterocycles. The highest BCUT2D eigenvalue weighted by Gasteiger charge is 2.36. The third-order valence-electron chi connectivity index (χ3n) is 4.89. The molecule has 0 spiro atoms. The van der Waals surface area contributed by atoms with Gasteiger partial charge in [0, 0.05) is 5.69 Å². The van der Waals surface area contributed by atoms with Crippen molar-refractivity contribution >= 4 is 40.7 Å². The molecule has 2 heterocycles. The predicted octanol–water partition coefficient (Wildman–Crippen LogP) is 3.73. The molecule has 2 N–H and O–H groups in total. The standard InChI is InChI=1S/C22H22N4O2S/c1-3-15-9-11-16(12-10-15)23-22-24-20(27)19(29-22)13-18-14(2)25-26(21(18)28)17-7-5-4-6-8-17/h4-13,18,22-23H,3H2,1-2H3,(H,24,27)/b19-13-/t18-,22-/m1/s1. The SMILES string of the molecule is CCc1ccc(N[C@@H]2NC(=O)/C(=C/[C@H]3C(=O)N(c4ccccc4)N=C3C)S2)cc1. The molecule has 1 fully saturated rings. The van der Waals surface area contributed by atoms with Gasteiger partial charge in [0.15, 0.2) is 5.50 Å². The van der Waals surface area contributed by atoms with Crippen LogP contribution in [0.3, 0.4) is 0 Å². The zero-order chi connectivity index (χ0) is 20.4. The van der Waals surface area contributed by atoms with Crippen LogP contribution in [0.25, 0.3) is 0 Å². The number of hydrogen-bond donors (Lipinski definition) is 2. The van der Waals surface area contributed by atoms with E-state index < -0.39 is 5.92 Å². The maximum Gasteiger partial charge on any atom is 0.260 e. The van der Waals surface area contributed by atoms with E-state index in [1.54, 1.807) is 6.08 Å². The highest BCUT2D eigenvalue weighted by atomic mass is 32.2. The Bertz CT molecular complexity index is 986. The second-order valence-corrected chi connectivity index (χ2v) is 8.05. The van der Waals surface area contributed by atoms with Crippen LogP contribution >= 0.6 is 11.8 Å². The number of nitrogens with zero attached hydrogens (tertiary/aromatic N) is 2. The lowest BCUT2D eigenvalue weighted by Gasteiger charge is -2.13. The monoisotopic (exact) mass is 406 g/mol. The van der Waals surface area contributed by atoms with Crippen LogP contribution in [0.15, 0.2) is 70.7 Å². The molecule has 0 bridgehead atoms. The average Bonchev–Trinajstić information content (AvgIpc) is 3.23. The molecule has 2 atom stereocenters. The molecule has 2 aliphatic heterocycles. The summed E-state index contributed by atoms with van der Waals surface area (Å²) in [5, 5.41) is 12.0. The number of hydrogen-bond acceptors (Lipinski definition) is 5. The summed E-state index contributed by atoms with van der Waals surface area (Å²) in [6.45, 7) is 3.92. The van der Waals surface area contributed by atoms with Gasteiger partial charge in [-0.3, -0.25) is 9.59 Å². The van der Waals surface area contributed by atoms with E-state index in [1.807, 2.05) is 49.4 Å². The maximum atomic E-state index is 12.9. The van der Waals surface area contributed by atoms with E-state index in [0.717, 1.165) is 17.8 Å². The number of nitrogens with one attached hydrogen (secondary N) is 2. The Balaban J connectivity index is 1.46. The Morgan fingerprint density at radius 3 is 2.55 bits per heavy atom. The number of carbonyl (C=O) groups excluding carboxylic acids is 2. The molecular formula is C22H22N4O2S. The second kappa shape index (κ2) is 8.13. The summed E-state index contributed by atoms with van der Waals surface area (Å²) in [4.78, 5) is 25.8. The van der Waals surface area contributed by atoms with Crippen molar-refractivity contribution in [1.82, 2.24) is 5.32 Å². The molecule has 0 unspecified atom stereocenters. The van der Waals surface area contributed by atoms with Gasteiger partial charge in [0.2, 0.25) is 0 Å². The fourth-order valence-corrected chi connectivity index (χ4v) is 4.24. The van der Waals surface area contributed by atoms with Gasteiger partial charge in [0.1, 0.15) is 0 Å². The van der Waals surface area contributed by atoms with Crippen LogP contribution in [-0.2, 0) is 16.0 Å². The molecule has 2 aliphatic rings. The molecule has 2 aromatic carbocycles. The smallest absolute Gasteiger partial charge is 0.260 e. The maximum absolute atomic E-state index is 12.9. The number of thioether (sulfide) groups is 1. The first-order chi connectivity index (χ1) is 14.0. The van der Waals surface area contributed by atoms with Crippen molar-refractivity contribution in [2.75, 3.05) is 10.3 Å². The van der Waals surface area contributed by atoms with Gasteiger partial charge in [0.25, 0.3) is 11.8 Å². The van der Waals surface area contributed by atoms with Crippen LogP contribution in [0, 0.1) is 5.92 Å². The van der Waals surface area contributed by atoms with Gasteiger partial charge in [-0.05, 0) is 49.2 Å². The number of carbonyl (C=O) groups is 2. The fourth-order valence-electron chi connectivity index (χ4n) is 3.25. The number of para-hydroxylation sites is 1. The first-order valence-electron chi connectivity index (χ1n) is 9.54. The number of rotatable bonds is 5. The Hall–Kier alpha value is -3.06. The van der Waals surface area contributed by atoms with Crippen LogP contribution in [0.2, 0.25) is 0 Å². The Labute approximate surface area is 174 Å². The van der Waals surface area contributed by atoms with Gasteiger partial charge in [-0.15, -0.1) is 0 Å². The van der Waals surface area contributed by atoms with E-state index in [1.165, 1.54) is 22.3 Å². The lowest BCUT2D eigenvalue weighted by Crippen LogP contribution is -2.31. The minimum atomic E-state index is -0.536. The van der Waals surface area contributed by atoms with Crippen LogP contribution in [0.1, 0.15) is 19.4 Å². The molecule has 2 amide bonds. The van der Waals surface area contributed by atoms with E-state index in [-0.39, 0.29) is 17.3 Å². The predicted molar refractivity (Wildman–Crippen MR) is 118 cm³/mol. The van der Waals surface area contributed by atoms with Crippen molar-refractivity contribution in [1.29, 1.82) is 0 Å². The highest BCUT2D eigenvalue weighted by molar-refractivity contribution is 8.05. The molecular weight excluding hydrogens is 384 g/mol. The quantitative estimate of drug-likeness (QED) is 0.742. The van der Waals surface area contributed by atoms with Gasteiger partial charge in [-0.1, -0.05) is 49.0 Å². The van der Waals surface area contributed by atoms with Crippen molar-refractivity contribution in [3.63, 3.8) is 0 Å². The van der Waals surface area contributed by atoms with Crippen LogP contribution in [0.4, 0.5) is 11.4 Å². The number of hydrazone groups is 1. The lowest BCUT2D eigenvalue weighted by atomic mass is 10.0. The van der Waals surface area contributed by atoms with Crippen molar-refractivity contribution in [2.24, 2.45) is 11.0 Å². The topological polar surface area (TPSA) is 73.8 Å². The van der Waals surface area contributed by atoms with E-state index >= 15 is 0 Å². The van der Waals surface area contributed by atoms with Crippen molar-refractivity contribution < 1.29 is 9.59 Å². The zero-order valence-corrected chi connectivity index (χ0v) is 17.1. The van der Waals surface area contributed by atoms with Crippen LogP contribution < -0.4 is 15.6 Å². The van der Waals surface area contributed by atoms with Crippen LogP contribution in [-0.4, -0.2) is 23.0 Å². The molecule has 0 saturated carbocycles. The van der Waals surface area contributed by atoms with Gasteiger partial charge >= 0.3 is 0 Å². The highest BCUT2D eigenvalue weighted by Crippen LogP contribution is 2.32. The number of anilines is 2. The summed E-state index contributed by atoms with van der Waals surface area (Å²) >= 11 is 1.38. The minimum absolute atomic E-state index is 0.152. The average molecular weight is 407 g/mol. The molecule has 29 heavy (non-hydrogen) atoms. The third kappa shape index (κ3) is 4.05. The first kappa shape index (κ1) is 19.3. The van der Waals surface area contributed by atoms with E-state index in [9.17, 15) is 9.59 Å². The van der Waals surface area contributed by atoms with Crippen molar-refractivity contribution in [3.8, 4) is 0 Å². The molecule has 6 nitrogen and oxygen atoms in total.